The molecular formula is C15H16FNO4S. The van der Waals surface area contributed by atoms with Crippen LogP contribution in [0.2, 0.25) is 0 Å². The van der Waals surface area contributed by atoms with Crippen LogP contribution in [0.25, 0.3) is 0 Å². The summed E-state index contributed by atoms with van der Waals surface area (Å²) in [7, 11) is -4.14. The molecule has 0 aliphatic carbocycles. The lowest BCUT2D eigenvalue weighted by atomic mass is 10.0. The van der Waals surface area contributed by atoms with Crippen molar-refractivity contribution in [1.82, 2.24) is 0 Å². The fourth-order valence-corrected chi connectivity index (χ4v) is 3.16. The Bertz CT molecular complexity index is 803. The van der Waals surface area contributed by atoms with Gasteiger partial charge < -0.3 is 10.2 Å². The minimum atomic E-state index is -4.14. The lowest BCUT2D eigenvalue weighted by Crippen LogP contribution is -2.13. The molecule has 0 saturated heterocycles. The standard InChI is InChI=1S/C15H16FNO4S/c1-9(2)11-7-6-10(8-12(11)16)17-22(20,21)14-5-3-4-13(18)15(14)19/h3-9,17-19H,1-2H3. The Kier molecular flexibility index (Phi) is 4.27. The van der Waals surface area contributed by atoms with Gasteiger partial charge in [0.25, 0.3) is 10.0 Å². The number of sulfonamides is 1. The molecule has 22 heavy (non-hydrogen) atoms. The van der Waals surface area contributed by atoms with Crippen LogP contribution in [0.3, 0.4) is 0 Å². The van der Waals surface area contributed by atoms with E-state index in [4.69, 9.17) is 0 Å². The van der Waals surface area contributed by atoms with E-state index >= 15 is 0 Å². The Hall–Kier alpha value is -2.28. The molecule has 0 saturated carbocycles. The molecule has 7 heteroatoms. The highest BCUT2D eigenvalue weighted by Gasteiger charge is 2.21. The molecule has 0 aromatic heterocycles. The van der Waals surface area contributed by atoms with Gasteiger partial charge in [-0.3, -0.25) is 4.72 Å². The Labute approximate surface area is 128 Å². The molecule has 0 bridgehead atoms. The number of halogens is 1. The number of anilines is 1. The van der Waals surface area contributed by atoms with Gasteiger partial charge in [0, 0.05) is 0 Å². The zero-order valence-electron chi connectivity index (χ0n) is 12.0. The molecule has 3 N–H and O–H groups in total. The van der Waals surface area contributed by atoms with Crippen molar-refractivity contribution in [3.63, 3.8) is 0 Å². The molecule has 2 rings (SSSR count). The fourth-order valence-electron chi connectivity index (χ4n) is 2.00. The third-order valence-electron chi connectivity index (χ3n) is 3.14. The zero-order valence-corrected chi connectivity index (χ0v) is 12.9. The Morgan fingerprint density at radius 3 is 2.41 bits per heavy atom. The summed E-state index contributed by atoms with van der Waals surface area (Å²) in [6.45, 7) is 3.65. The second-order valence-corrected chi connectivity index (χ2v) is 6.77. The first kappa shape index (κ1) is 16.1. The summed E-state index contributed by atoms with van der Waals surface area (Å²) in [6, 6.07) is 7.59. The number of phenols is 2. The summed E-state index contributed by atoms with van der Waals surface area (Å²) in [5.41, 5.74) is 0.507. The van der Waals surface area contributed by atoms with E-state index in [1.807, 2.05) is 13.8 Å². The molecule has 0 aliphatic heterocycles. The molecule has 0 amide bonds. The first-order chi connectivity index (χ1) is 10.2. The normalized spacial score (nSPS) is 11.6. The summed E-state index contributed by atoms with van der Waals surface area (Å²) in [6.07, 6.45) is 0. The van der Waals surface area contributed by atoms with Gasteiger partial charge in [-0.15, -0.1) is 0 Å². The first-order valence-electron chi connectivity index (χ1n) is 6.55. The van der Waals surface area contributed by atoms with Gasteiger partial charge in [-0.2, -0.15) is 0 Å². The van der Waals surface area contributed by atoms with Crippen molar-refractivity contribution in [2.24, 2.45) is 0 Å². The molecule has 2 aromatic rings. The quantitative estimate of drug-likeness (QED) is 0.754. The third-order valence-corrected chi connectivity index (χ3v) is 4.55. The zero-order chi connectivity index (χ0) is 16.5. The predicted molar refractivity (Wildman–Crippen MR) is 81.1 cm³/mol. The van der Waals surface area contributed by atoms with Crippen molar-refractivity contribution in [2.75, 3.05) is 4.72 Å². The fraction of sp³-hybridized carbons (Fsp3) is 0.200. The average Bonchev–Trinajstić information content (AvgIpc) is 2.40. The Morgan fingerprint density at radius 1 is 1.14 bits per heavy atom. The second-order valence-electron chi connectivity index (χ2n) is 5.12. The van der Waals surface area contributed by atoms with Gasteiger partial charge in [0.15, 0.2) is 11.5 Å². The molecule has 0 radical (unpaired) electrons. The van der Waals surface area contributed by atoms with Crippen LogP contribution < -0.4 is 4.72 Å². The number of benzene rings is 2. The van der Waals surface area contributed by atoms with Gasteiger partial charge in [0.2, 0.25) is 0 Å². The molecule has 0 atom stereocenters. The molecule has 0 fully saturated rings. The van der Waals surface area contributed by atoms with Crippen LogP contribution in [0.5, 0.6) is 11.5 Å². The van der Waals surface area contributed by atoms with Crippen LogP contribution >= 0.6 is 0 Å². The van der Waals surface area contributed by atoms with Crippen LogP contribution in [0, 0.1) is 5.82 Å². The molecule has 0 aliphatic rings. The van der Waals surface area contributed by atoms with E-state index in [9.17, 15) is 23.0 Å². The van der Waals surface area contributed by atoms with Crippen LogP contribution in [-0.2, 0) is 10.0 Å². The van der Waals surface area contributed by atoms with Gasteiger partial charge in [0.1, 0.15) is 10.7 Å². The van der Waals surface area contributed by atoms with Gasteiger partial charge in [-0.25, -0.2) is 12.8 Å². The summed E-state index contributed by atoms with van der Waals surface area (Å²) in [5.74, 6) is -1.85. The lowest BCUT2D eigenvalue weighted by molar-refractivity contribution is 0.393. The molecule has 0 unspecified atom stereocenters. The first-order valence-corrected chi connectivity index (χ1v) is 8.04. The van der Waals surface area contributed by atoms with E-state index in [0.29, 0.717) is 5.56 Å². The van der Waals surface area contributed by atoms with Crippen molar-refractivity contribution in [3.05, 3.63) is 47.8 Å². The van der Waals surface area contributed by atoms with E-state index in [1.54, 1.807) is 0 Å². The largest absolute Gasteiger partial charge is 0.504 e. The number of hydrogen-bond acceptors (Lipinski definition) is 4. The van der Waals surface area contributed by atoms with Crippen LogP contribution in [-0.4, -0.2) is 18.6 Å². The molecular weight excluding hydrogens is 309 g/mol. The number of aromatic hydroxyl groups is 2. The van der Waals surface area contributed by atoms with Crippen molar-refractivity contribution in [3.8, 4) is 11.5 Å². The number of para-hydroxylation sites is 1. The summed E-state index contributed by atoms with van der Waals surface area (Å²) in [5, 5.41) is 19.0. The monoisotopic (exact) mass is 325 g/mol. The summed E-state index contributed by atoms with van der Waals surface area (Å²) < 4.78 is 40.5. The molecule has 0 spiro atoms. The molecule has 2 aromatic carbocycles. The SMILES string of the molecule is CC(C)c1ccc(NS(=O)(=O)c2cccc(O)c2O)cc1F. The van der Waals surface area contributed by atoms with E-state index in [2.05, 4.69) is 4.72 Å². The Morgan fingerprint density at radius 2 is 1.82 bits per heavy atom. The van der Waals surface area contributed by atoms with Crippen molar-refractivity contribution in [1.29, 1.82) is 0 Å². The second kappa shape index (κ2) is 5.84. The van der Waals surface area contributed by atoms with Crippen LogP contribution in [0.1, 0.15) is 25.3 Å². The molecule has 0 heterocycles. The van der Waals surface area contributed by atoms with E-state index < -0.39 is 32.2 Å². The number of hydrogen-bond donors (Lipinski definition) is 3. The number of rotatable bonds is 4. The van der Waals surface area contributed by atoms with E-state index in [-0.39, 0.29) is 11.6 Å². The average molecular weight is 325 g/mol. The third kappa shape index (κ3) is 3.14. The number of phenolic OH excluding ortho intramolecular Hbond substituents is 2. The van der Waals surface area contributed by atoms with Crippen molar-refractivity contribution in [2.45, 2.75) is 24.7 Å². The van der Waals surface area contributed by atoms with E-state index in [1.165, 1.54) is 18.2 Å². The van der Waals surface area contributed by atoms with Crippen molar-refractivity contribution < 1.29 is 23.0 Å². The topological polar surface area (TPSA) is 86.6 Å². The highest BCUT2D eigenvalue weighted by Crippen LogP contribution is 2.33. The predicted octanol–water partition coefficient (Wildman–Crippen LogP) is 3.16. The van der Waals surface area contributed by atoms with Crippen LogP contribution in [0.15, 0.2) is 41.3 Å². The van der Waals surface area contributed by atoms with Gasteiger partial charge in [-0.1, -0.05) is 26.0 Å². The lowest BCUT2D eigenvalue weighted by Gasteiger charge is -2.12. The molecule has 118 valence electrons. The van der Waals surface area contributed by atoms with Gasteiger partial charge in [-0.05, 0) is 35.7 Å². The maximum Gasteiger partial charge on any atom is 0.265 e. The number of nitrogens with one attached hydrogen (secondary N) is 1. The minimum Gasteiger partial charge on any atom is -0.504 e. The van der Waals surface area contributed by atoms with Crippen LogP contribution in [0.4, 0.5) is 10.1 Å². The highest BCUT2D eigenvalue weighted by molar-refractivity contribution is 7.92. The maximum atomic E-state index is 13.9. The summed E-state index contributed by atoms with van der Waals surface area (Å²) in [4.78, 5) is -0.485. The Balaban J connectivity index is 2.37. The van der Waals surface area contributed by atoms with Gasteiger partial charge in [0.05, 0.1) is 5.69 Å². The van der Waals surface area contributed by atoms with Gasteiger partial charge >= 0.3 is 0 Å². The summed E-state index contributed by atoms with van der Waals surface area (Å²) >= 11 is 0. The smallest absolute Gasteiger partial charge is 0.265 e. The van der Waals surface area contributed by atoms with Crippen molar-refractivity contribution >= 4 is 15.7 Å². The molecule has 5 nitrogen and oxygen atoms in total. The maximum absolute atomic E-state index is 13.9. The van der Waals surface area contributed by atoms with E-state index in [0.717, 1.165) is 18.2 Å². The highest BCUT2D eigenvalue weighted by atomic mass is 32.2. The minimum absolute atomic E-state index is 0.0271.